The van der Waals surface area contributed by atoms with Crippen LogP contribution in [0.15, 0.2) is 54.6 Å². The second-order valence-corrected chi connectivity index (χ2v) is 13.4. The molecule has 4 aromatic rings. The van der Waals surface area contributed by atoms with Crippen molar-refractivity contribution in [3.8, 4) is 34.5 Å². The molecule has 0 N–H and O–H groups in total. The molecule has 48 heavy (non-hydrogen) atoms. The highest BCUT2D eigenvalue weighted by molar-refractivity contribution is 6.67. The molecule has 0 amide bonds. The summed E-state index contributed by atoms with van der Waals surface area (Å²) in [7, 11) is 9.34. The number of aryl methyl sites for hydroxylation is 4. The second kappa shape index (κ2) is 18.5. The molecule has 0 heterocycles. The van der Waals surface area contributed by atoms with Crippen molar-refractivity contribution < 1.29 is 33.2 Å². The number of carbonyl (C=O) groups excluding carboxylic acids is 1. The van der Waals surface area contributed by atoms with Gasteiger partial charge in [0.1, 0.15) is 0 Å². The van der Waals surface area contributed by atoms with E-state index in [4.69, 9.17) is 86.4 Å². The summed E-state index contributed by atoms with van der Waals surface area (Å²) in [5, 5.41) is 0.873. The highest BCUT2D eigenvalue weighted by Gasteiger charge is 2.26. The van der Waals surface area contributed by atoms with Crippen molar-refractivity contribution in [1.82, 2.24) is 0 Å². The zero-order chi connectivity index (χ0) is 36.3. The van der Waals surface area contributed by atoms with Gasteiger partial charge in [0.15, 0.2) is 28.8 Å². The van der Waals surface area contributed by atoms with Crippen LogP contribution in [0.4, 0.5) is 0 Å². The van der Waals surface area contributed by atoms with Gasteiger partial charge in [-0.15, -0.1) is 0 Å². The largest absolute Gasteiger partial charge is 0.493 e. The first-order valence-electron chi connectivity index (χ1n) is 14.3. The predicted molar refractivity (Wildman–Crippen MR) is 197 cm³/mol. The van der Waals surface area contributed by atoms with Gasteiger partial charge in [-0.1, -0.05) is 87.3 Å². The lowest BCUT2D eigenvalue weighted by atomic mass is 9.96. The molecule has 0 aliphatic heterocycles. The molecule has 0 radical (unpaired) electrons. The standard InChI is InChI=1S/C18H19ClO4.C10H14O3.C8H6Cl4/c1-10-6-7-13(19)12(8-10)16(20)15-11(2)9-14(21-3)17(22-4)18(15)23-5;1-7-5-8(11-2)10(13-4)9(6-7)12-3;1-5-2-3-7(9)6(4-5)8(10,11)12/h6-9H,1-5H3;5-6H,1-4H3;2-4H,1H3. The molecule has 0 bridgehead atoms. The molecule has 0 saturated carbocycles. The topological polar surface area (TPSA) is 72.5 Å². The number of methoxy groups -OCH3 is 6. The Morgan fingerprint density at radius 2 is 1.00 bits per heavy atom. The molecule has 0 spiro atoms. The van der Waals surface area contributed by atoms with Crippen molar-refractivity contribution in [2.75, 3.05) is 42.7 Å². The first-order valence-corrected chi connectivity index (χ1v) is 16.2. The Morgan fingerprint density at radius 3 is 1.44 bits per heavy atom. The minimum Gasteiger partial charge on any atom is -0.493 e. The monoisotopic (exact) mass is 758 g/mol. The molecule has 0 aromatic heterocycles. The summed E-state index contributed by atoms with van der Waals surface area (Å²) < 4.78 is 30.1. The number of rotatable bonds is 8. The first kappa shape index (κ1) is 41.0. The summed E-state index contributed by atoms with van der Waals surface area (Å²) in [6, 6.07) is 16.2. The molecule has 0 aliphatic rings. The quantitative estimate of drug-likeness (QED) is 0.131. The third-order valence-electron chi connectivity index (χ3n) is 6.86. The van der Waals surface area contributed by atoms with E-state index < -0.39 is 3.79 Å². The van der Waals surface area contributed by atoms with Gasteiger partial charge in [0.2, 0.25) is 15.3 Å². The predicted octanol–water partition coefficient (Wildman–Crippen LogP) is 10.7. The molecular formula is C36H39Cl5O7. The number of carbonyl (C=O) groups is 1. The van der Waals surface area contributed by atoms with Crippen molar-refractivity contribution in [1.29, 1.82) is 0 Å². The SMILES string of the molecule is COc1cc(C)c(C(=O)c2cc(C)ccc2Cl)c(OC)c1OC.COc1cc(C)cc(OC)c1OC.Cc1ccc(Cl)c(C(Cl)(Cl)Cl)c1. The van der Waals surface area contributed by atoms with Gasteiger partial charge in [-0.2, -0.15) is 0 Å². The third kappa shape index (κ3) is 10.4. The van der Waals surface area contributed by atoms with E-state index in [1.807, 2.05) is 52.0 Å². The minimum atomic E-state index is -1.44. The Morgan fingerprint density at radius 1 is 0.542 bits per heavy atom. The van der Waals surface area contributed by atoms with Gasteiger partial charge in [0.25, 0.3) is 0 Å². The maximum atomic E-state index is 13.0. The van der Waals surface area contributed by atoms with E-state index in [0.717, 1.165) is 22.3 Å². The number of hydrogen-bond donors (Lipinski definition) is 0. The van der Waals surface area contributed by atoms with Crippen LogP contribution in [0, 0.1) is 27.7 Å². The summed E-state index contributed by atoms with van der Waals surface area (Å²) in [5.41, 5.74) is 5.14. The summed E-state index contributed by atoms with van der Waals surface area (Å²) >= 11 is 29.1. The average Bonchev–Trinajstić information content (AvgIpc) is 3.05. The zero-order valence-corrected chi connectivity index (χ0v) is 32.2. The lowest BCUT2D eigenvalue weighted by molar-refractivity contribution is 0.103. The Labute approximate surface area is 307 Å². The van der Waals surface area contributed by atoms with Gasteiger partial charge in [0.05, 0.1) is 53.2 Å². The van der Waals surface area contributed by atoms with Crippen molar-refractivity contribution in [2.24, 2.45) is 0 Å². The minimum absolute atomic E-state index is 0.214. The maximum Gasteiger partial charge on any atom is 0.217 e. The molecule has 7 nitrogen and oxygen atoms in total. The molecule has 0 aliphatic carbocycles. The molecule has 0 unspecified atom stereocenters. The normalized spacial score (nSPS) is 10.5. The average molecular weight is 761 g/mol. The van der Waals surface area contributed by atoms with Gasteiger partial charge in [-0.3, -0.25) is 4.79 Å². The fourth-order valence-corrected chi connectivity index (χ4v) is 5.65. The van der Waals surface area contributed by atoms with E-state index in [0.29, 0.717) is 61.2 Å². The summed E-state index contributed by atoms with van der Waals surface area (Å²) in [5.74, 6) is 3.04. The van der Waals surface area contributed by atoms with E-state index >= 15 is 0 Å². The fourth-order valence-electron chi connectivity index (χ4n) is 4.58. The van der Waals surface area contributed by atoms with Crippen LogP contribution in [0.3, 0.4) is 0 Å². The van der Waals surface area contributed by atoms with Crippen LogP contribution in [0.2, 0.25) is 10.0 Å². The van der Waals surface area contributed by atoms with Gasteiger partial charge in [0, 0.05) is 16.1 Å². The molecular weight excluding hydrogens is 722 g/mol. The molecule has 0 fully saturated rings. The van der Waals surface area contributed by atoms with Crippen molar-refractivity contribution in [3.05, 3.63) is 104 Å². The Balaban J connectivity index is 0.000000272. The van der Waals surface area contributed by atoms with Crippen molar-refractivity contribution >= 4 is 63.8 Å². The zero-order valence-electron chi connectivity index (χ0n) is 28.4. The smallest absolute Gasteiger partial charge is 0.217 e. The second-order valence-electron chi connectivity index (χ2n) is 10.3. The van der Waals surface area contributed by atoms with Gasteiger partial charge >= 0.3 is 0 Å². The van der Waals surface area contributed by atoms with Crippen LogP contribution in [-0.4, -0.2) is 48.4 Å². The van der Waals surface area contributed by atoms with Crippen LogP contribution in [-0.2, 0) is 3.79 Å². The highest BCUT2D eigenvalue weighted by Crippen LogP contribution is 2.44. The van der Waals surface area contributed by atoms with Crippen LogP contribution in [0.5, 0.6) is 34.5 Å². The first-order chi connectivity index (χ1) is 22.6. The van der Waals surface area contributed by atoms with Crippen LogP contribution < -0.4 is 28.4 Å². The van der Waals surface area contributed by atoms with Crippen LogP contribution in [0.25, 0.3) is 0 Å². The van der Waals surface area contributed by atoms with E-state index in [-0.39, 0.29) is 5.78 Å². The lowest BCUT2D eigenvalue weighted by Crippen LogP contribution is -2.09. The molecule has 260 valence electrons. The Hall–Kier alpha value is -3.20. The van der Waals surface area contributed by atoms with E-state index in [1.54, 1.807) is 51.7 Å². The van der Waals surface area contributed by atoms with E-state index in [9.17, 15) is 4.79 Å². The summed E-state index contributed by atoms with van der Waals surface area (Å²) in [6.07, 6.45) is 0. The van der Waals surface area contributed by atoms with E-state index in [2.05, 4.69) is 0 Å². The Bertz CT molecular complexity index is 1690. The summed E-state index contributed by atoms with van der Waals surface area (Å²) in [6.45, 7) is 7.62. The van der Waals surface area contributed by atoms with Crippen molar-refractivity contribution in [2.45, 2.75) is 31.5 Å². The molecule has 4 rings (SSSR count). The number of ketones is 1. The van der Waals surface area contributed by atoms with Gasteiger partial charge in [-0.05, 0) is 75.2 Å². The number of ether oxygens (including phenoxy) is 6. The fraction of sp³-hybridized carbons (Fsp3) is 0.306. The third-order valence-corrected chi connectivity index (χ3v) is 8.13. The molecule has 4 aromatic carbocycles. The van der Waals surface area contributed by atoms with Crippen LogP contribution in [0.1, 0.15) is 43.7 Å². The molecule has 0 saturated heterocycles. The van der Waals surface area contributed by atoms with Gasteiger partial charge in [-0.25, -0.2) is 0 Å². The van der Waals surface area contributed by atoms with Gasteiger partial charge < -0.3 is 28.4 Å². The maximum absolute atomic E-state index is 13.0. The number of alkyl halides is 3. The number of hydrogen-bond acceptors (Lipinski definition) is 7. The number of benzene rings is 4. The molecule has 0 atom stereocenters. The molecule has 12 heteroatoms. The lowest BCUT2D eigenvalue weighted by Gasteiger charge is -2.18. The summed E-state index contributed by atoms with van der Waals surface area (Å²) in [4.78, 5) is 13.0. The van der Waals surface area contributed by atoms with Crippen molar-refractivity contribution in [3.63, 3.8) is 0 Å². The van der Waals surface area contributed by atoms with E-state index in [1.165, 1.54) is 21.3 Å². The Kier molecular flexibility index (Phi) is 15.8. The highest BCUT2D eigenvalue weighted by atomic mass is 35.6. The number of halogens is 5. The van der Waals surface area contributed by atoms with Crippen LogP contribution >= 0.6 is 58.0 Å².